The van der Waals surface area contributed by atoms with E-state index in [9.17, 15) is 19.2 Å². The minimum absolute atomic E-state index is 0.0428. The van der Waals surface area contributed by atoms with Crippen LogP contribution in [0.25, 0.3) is 0 Å². The second-order valence-corrected chi connectivity index (χ2v) is 7.74. The molecule has 0 aliphatic carbocycles. The molecule has 0 saturated carbocycles. The van der Waals surface area contributed by atoms with Crippen molar-refractivity contribution >= 4 is 23.9 Å². The van der Waals surface area contributed by atoms with Crippen molar-refractivity contribution in [3.63, 3.8) is 0 Å². The molecule has 0 radical (unpaired) electrons. The number of hydrogen-bond donors (Lipinski definition) is 0. The Balaban J connectivity index is 1.53. The summed E-state index contributed by atoms with van der Waals surface area (Å²) in [5.74, 6) is -1.83. The van der Waals surface area contributed by atoms with E-state index in [1.165, 1.54) is 0 Å². The van der Waals surface area contributed by atoms with Gasteiger partial charge in [0, 0.05) is 12.8 Å². The van der Waals surface area contributed by atoms with Crippen LogP contribution in [-0.4, -0.2) is 49.3 Å². The van der Waals surface area contributed by atoms with Crippen LogP contribution >= 0.6 is 0 Å². The van der Waals surface area contributed by atoms with Crippen molar-refractivity contribution in [2.24, 2.45) is 0 Å². The van der Waals surface area contributed by atoms with E-state index in [1.54, 1.807) is 74.5 Å². The lowest BCUT2D eigenvalue weighted by molar-refractivity contribution is -0.151. The molecule has 0 aromatic heterocycles. The van der Waals surface area contributed by atoms with E-state index in [-0.39, 0.29) is 26.1 Å². The second-order valence-electron chi connectivity index (χ2n) is 7.74. The summed E-state index contributed by atoms with van der Waals surface area (Å²) in [4.78, 5) is 47.6. The maximum atomic E-state index is 12.0. The van der Waals surface area contributed by atoms with E-state index in [2.05, 4.69) is 0 Å². The van der Waals surface area contributed by atoms with Crippen molar-refractivity contribution in [1.82, 2.24) is 0 Å². The highest BCUT2D eigenvalue weighted by Crippen LogP contribution is 2.08. The molecule has 0 saturated heterocycles. The highest BCUT2D eigenvalue weighted by molar-refractivity contribution is 5.89. The predicted molar refractivity (Wildman–Crippen MR) is 123 cm³/mol. The summed E-state index contributed by atoms with van der Waals surface area (Å²) in [6.45, 7) is 3.19. The van der Waals surface area contributed by atoms with Crippen molar-refractivity contribution in [2.75, 3.05) is 13.2 Å². The molecule has 182 valence electrons. The molecule has 0 spiro atoms. The molecule has 0 aliphatic rings. The van der Waals surface area contributed by atoms with Gasteiger partial charge in [0.25, 0.3) is 0 Å². The Morgan fingerprint density at radius 1 is 0.618 bits per heavy atom. The third-order valence-corrected chi connectivity index (χ3v) is 4.60. The van der Waals surface area contributed by atoms with Gasteiger partial charge in [-0.15, -0.1) is 0 Å². The number of esters is 4. The first-order chi connectivity index (χ1) is 16.3. The van der Waals surface area contributed by atoms with Gasteiger partial charge in [0.05, 0.1) is 11.1 Å². The summed E-state index contributed by atoms with van der Waals surface area (Å²) in [6, 6.07) is 17.1. The Kier molecular flexibility index (Phi) is 11.3. The quantitative estimate of drug-likeness (QED) is 0.245. The molecule has 0 amide bonds. The Morgan fingerprint density at radius 3 is 1.68 bits per heavy atom. The number of carbonyl (C=O) groups is 4. The molecular formula is C26H30O8. The van der Waals surface area contributed by atoms with E-state index in [4.69, 9.17) is 18.9 Å². The van der Waals surface area contributed by atoms with Crippen LogP contribution in [0.3, 0.4) is 0 Å². The third kappa shape index (κ3) is 10.3. The third-order valence-electron chi connectivity index (χ3n) is 4.60. The number of unbranched alkanes of at least 4 members (excludes halogenated alkanes) is 1. The van der Waals surface area contributed by atoms with Crippen LogP contribution in [0.5, 0.6) is 0 Å². The monoisotopic (exact) mass is 470 g/mol. The average molecular weight is 471 g/mol. The predicted octanol–water partition coefficient (Wildman–Crippen LogP) is 4.12. The van der Waals surface area contributed by atoms with Gasteiger partial charge < -0.3 is 18.9 Å². The molecule has 8 heteroatoms. The van der Waals surface area contributed by atoms with Crippen molar-refractivity contribution < 1.29 is 38.1 Å². The first-order valence-corrected chi connectivity index (χ1v) is 11.2. The fourth-order valence-corrected chi connectivity index (χ4v) is 2.85. The lowest BCUT2D eigenvalue weighted by Crippen LogP contribution is -2.23. The topological polar surface area (TPSA) is 105 Å². The van der Waals surface area contributed by atoms with Crippen LogP contribution < -0.4 is 0 Å². The molecular weight excluding hydrogens is 440 g/mol. The van der Waals surface area contributed by atoms with Crippen LogP contribution in [0.1, 0.15) is 60.2 Å². The van der Waals surface area contributed by atoms with Crippen molar-refractivity contribution in [3.05, 3.63) is 71.8 Å². The Bertz CT molecular complexity index is 926. The van der Waals surface area contributed by atoms with Crippen LogP contribution in [0.2, 0.25) is 0 Å². The lowest BCUT2D eigenvalue weighted by Gasteiger charge is -2.14. The van der Waals surface area contributed by atoms with Crippen LogP contribution in [0.4, 0.5) is 0 Å². The highest BCUT2D eigenvalue weighted by Gasteiger charge is 2.15. The molecule has 0 heterocycles. The minimum Gasteiger partial charge on any atom is -0.462 e. The van der Waals surface area contributed by atoms with E-state index < -0.39 is 36.1 Å². The first kappa shape index (κ1) is 26.6. The van der Waals surface area contributed by atoms with Crippen LogP contribution in [-0.2, 0) is 28.5 Å². The van der Waals surface area contributed by atoms with Gasteiger partial charge in [0.1, 0.15) is 25.4 Å². The van der Waals surface area contributed by atoms with Crippen LogP contribution in [0, 0.1) is 0 Å². The van der Waals surface area contributed by atoms with Gasteiger partial charge in [-0.25, -0.2) is 9.59 Å². The minimum atomic E-state index is -0.580. The molecule has 2 aromatic rings. The summed E-state index contributed by atoms with van der Waals surface area (Å²) >= 11 is 0. The number of hydrogen-bond acceptors (Lipinski definition) is 8. The summed E-state index contributed by atoms with van der Waals surface area (Å²) in [6.07, 6.45) is 0.00736. The molecule has 2 atom stereocenters. The fraction of sp³-hybridized carbons (Fsp3) is 0.385. The molecule has 0 fully saturated rings. The van der Waals surface area contributed by atoms with Crippen molar-refractivity contribution in [3.8, 4) is 0 Å². The van der Waals surface area contributed by atoms with Gasteiger partial charge in [-0.1, -0.05) is 36.4 Å². The number of carbonyl (C=O) groups excluding carboxylic acids is 4. The lowest BCUT2D eigenvalue weighted by atomic mass is 10.2. The van der Waals surface area contributed by atoms with E-state index in [0.29, 0.717) is 24.0 Å². The van der Waals surface area contributed by atoms with Crippen molar-refractivity contribution in [2.45, 2.75) is 51.7 Å². The molecule has 0 bridgehead atoms. The zero-order valence-corrected chi connectivity index (χ0v) is 19.4. The standard InChI is InChI=1S/C26H30O8/c1-19(18-32-25(29)21-11-5-3-6-12-21)33-24(28)16-10-9-15-23(27)31-17-20(2)34-26(30)22-13-7-4-8-14-22/h3-8,11-14,19-20H,9-10,15-18H2,1-2H3. The van der Waals surface area contributed by atoms with E-state index in [1.807, 2.05) is 0 Å². The second kappa shape index (κ2) is 14.5. The summed E-state index contributed by atoms with van der Waals surface area (Å²) in [7, 11) is 0. The SMILES string of the molecule is CC(COC(=O)c1ccccc1)OC(=O)CCCCC(=O)OCC(C)OC(=O)c1ccccc1. The Labute approximate surface area is 199 Å². The maximum Gasteiger partial charge on any atom is 0.338 e. The summed E-state index contributed by atoms with van der Waals surface area (Å²) < 4.78 is 20.7. The number of benzene rings is 2. The maximum absolute atomic E-state index is 12.0. The normalized spacial score (nSPS) is 12.2. The highest BCUT2D eigenvalue weighted by atomic mass is 16.6. The Morgan fingerprint density at radius 2 is 1.09 bits per heavy atom. The molecule has 2 unspecified atom stereocenters. The van der Waals surface area contributed by atoms with E-state index in [0.717, 1.165) is 0 Å². The van der Waals surface area contributed by atoms with Gasteiger partial charge in [0.15, 0.2) is 0 Å². The van der Waals surface area contributed by atoms with Gasteiger partial charge in [0.2, 0.25) is 0 Å². The van der Waals surface area contributed by atoms with Gasteiger partial charge in [-0.2, -0.15) is 0 Å². The molecule has 8 nitrogen and oxygen atoms in total. The average Bonchev–Trinajstić information content (AvgIpc) is 2.85. The molecule has 34 heavy (non-hydrogen) atoms. The van der Waals surface area contributed by atoms with Gasteiger partial charge in [-0.05, 0) is 51.0 Å². The zero-order valence-electron chi connectivity index (χ0n) is 19.4. The van der Waals surface area contributed by atoms with E-state index >= 15 is 0 Å². The zero-order chi connectivity index (χ0) is 24.8. The van der Waals surface area contributed by atoms with Gasteiger partial charge >= 0.3 is 23.9 Å². The molecule has 2 rings (SSSR count). The largest absolute Gasteiger partial charge is 0.462 e. The molecule has 0 N–H and O–H groups in total. The van der Waals surface area contributed by atoms with Crippen LogP contribution in [0.15, 0.2) is 60.7 Å². The first-order valence-electron chi connectivity index (χ1n) is 11.2. The molecule has 2 aromatic carbocycles. The smallest absolute Gasteiger partial charge is 0.338 e. The summed E-state index contributed by atoms with van der Waals surface area (Å²) in [5.41, 5.74) is 0.855. The summed E-state index contributed by atoms with van der Waals surface area (Å²) in [5, 5.41) is 0. The molecule has 0 aliphatic heterocycles. The van der Waals surface area contributed by atoms with Crippen molar-refractivity contribution in [1.29, 1.82) is 0 Å². The number of rotatable bonds is 13. The fourth-order valence-electron chi connectivity index (χ4n) is 2.85. The number of ether oxygens (including phenoxy) is 4. The Hall–Kier alpha value is -3.68. The van der Waals surface area contributed by atoms with Gasteiger partial charge in [-0.3, -0.25) is 9.59 Å².